The van der Waals surface area contributed by atoms with Crippen molar-refractivity contribution in [2.45, 2.75) is 45.6 Å². The maximum Gasteiger partial charge on any atom is 0.342 e. The second kappa shape index (κ2) is 8.52. The van der Waals surface area contributed by atoms with Gasteiger partial charge in [0.25, 0.3) is 5.91 Å². The van der Waals surface area contributed by atoms with Crippen LogP contribution in [0.2, 0.25) is 0 Å². The number of hydrogen-bond donors (Lipinski definition) is 2. The van der Waals surface area contributed by atoms with Gasteiger partial charge in [-0.15, -0.1) is 11.3 Å². The molecule has 28 heavy (non-hydrogen) atoms. The summed E-state index contributed by atoms with van der Waals surface area (Å²) in [7, 11) is 0. The van der Waals surface area contributed by atoms with Crippen LogP contribution in [0.3, 0.4) is 0 Å². The molecule has 2 amide bonds. The number of anilines is 2. The summed E-state index contributed by atoms with van der Waals surface area (Å²) < 4.78 is 19.0. The number of fused-ring (bicyclic) bond motifs is 1. The predicted octanol–water partition coefficient (Wildman–Crippen LogP) is 3.91. The van der Waals surface area contributed by atoms with Crippen molar-refractivity contribution in [1.29, 1.82) is 0 Å². The Labute approximate surface area is 166 Å². The highest BCUT2D eigenvalue weighted by Gasteiger charge is 2.29. The molecule has 148 valence electrons. The van der Waals surface area contributed by atoms with E-state index >= 15 is 0 Å². The van der Waals surface area contributed by atoms with Crippen molar-refractivity contribution < 1.29 is 23.5 Å². The van der Waals surface area contributed by atoms with E-state index in [-0.39, 0.29) is 11.6 Å². The summed E-state index contributed by atoms with van der Waals surface area (Å²) in [5.74, 6) is -2.16. The molecule has 0 spiro atoms. The molecule has 2 N–H and O–H groups in total. The van der Waals surface area contributed by atoms with Gasteiger partial charge >= 0.3 is 5.97 Å². The molecule has 1 atom stereocenters. The SMILES string of the molecule is CC(=O)Nc1sc2c(c1C(=O)O[C@@H](C)C(=O)Nc1ccccc1F)CCCC2. The van der Waals surface area contributed by atoms with Crippen molar-refractivity contribution in [3.05, 3.63) is 46.1 Å². The van der Waals surface area contributed by atoms with Crippen molar-refractivity contribution in [3.8, 4) is 0 Å². The van der Waals surface area contributed by atoms with Gasteiger partial charge in [0.2, 0.25) is 5.91 Å². The third kappa shape index (κ3) is 4.39. The monoisotopic (exact) mass is 404 g/mol. The van der Waals surface area contributed by atoms with Crippen LogP contribution in [0, 0.1) is 5.82 Å². The predicted molar refractivity (Wildman–Crippen MR) is 105 cm³/mol. The van der Waals surface area contributed by atoms with E-state index in [9.17, 15) is 18.8 Å². The molecule has 3 rings (SSSR count). The fraction of sp³-hybridized carbons (Fsp3) is 0.350. The van der Waals surface area contributed by atoms with Gasteiger partial charge in [-0.25, -0.2) is 9.18 Å². The molecule has 8 heteroatoms. The highest BCUT2D eigenvalue weighted by Crippen LogP contribution is 2.38. The molecular formula is C20H21FN2O4S. The van der Waals surface area contributed by atoms with E-state index in [2.05, 4.69) is 10.6 Å². The summed E-state index contributed by atoms with van der Waals surface area (Å²) in [5, 5.41) is 5.55. The first-order valence-electron chi connectivity index (χ1n) is 9.05. The zero-order valence-corrected chi connectivity index (χ0v) is 16.5. The summed E-state index contributed by atoms with van der Waals surface area (Å²) in [4.78, 5) is 37.7. The fourth-order valence-electron chi connectivity index (χ4n) is 3.10. The Morgan fingerprint density at radius 1 is 1.14 bits per heavy atom. The van der Waals surface area contributed by atoms with Gasteiger partial charge in [-0.3, -0.25) is 9.59 Å². The van der Waals surface area contributed by atoms with E-state index in [1.807, 2.05) is 0 Å². The number of aryl methyl sites for hydroxylation is 1. The van der Waals surface area contributed by atoms with Gasteiger partial charge in [-0.05, 0) is 50.3 Å². The number of amides is 2. The Hall–Kier alpha value is -2.74. The number of hydrogen-bond acceptors (Lipinski definition) is 5. The van der Waals surface area contributed by atoms with Crippen LogP contribution < -0.4 is 10.6 Å². The molecule has 0 unspecified atom stereocenters. The van der Waals surface area contributed by atoms with Gasteiger partial charge in [0, 0.05) is 11.8 Å². The molecule has 0 fully saturated rings. The first-order valence-corrected chi connectivity index (χ1v) is 9.87. The number of thiophene rings is 1. The lowest BCUT2D eigenvalue weighted by atomic mass is 9.95. The van der Waals surface area contributed by atoms with Crippen molar-refractivity contribution >= 4 is 39.8 Å². The standard InChI is InChI=1S/C20H21FN2O4S/c1-11(18(25)23-15-9-5-4-8-14(15)21)27-20(26)17-13-7-3-6-10-16(13)28-19(17)22-12(2)24/h4-5,8-9,11H,3,6-7,10H2,1-2H3,(H,22,24)(H,23,25)/t11-/m0/s1. The minimum Gasteiger partial charge on any atom is -0.449 e. The number of para-hydroxylation sites is 1. The molecular weight excluding hydrogens is 383 g/mol. The third-order valence-corrected chi connectivity index (χ3v) is 5.66. The number of nitrogens with one attached hydrogen (secondary N) is 2. The van der Waals surface area contributed by atoms with E-state index in [0.717, 1.165) is 36.1 Å². The Balaban J connectivity index is 1.76. The summed E-state index contributed by atoms with van der Waals surface area (Å²) >= 11 is 1.38. The first-order chi connectivity index (χ1) is 13.4. The molecule has 2 aromatic rings. The summed E-state index contributed by atoms with van der Waals surface area (Å²) in [5.41, 5.74) is 1.22. The highest BCUT2D eigenvalue weighted by atomic mass is 32.1. The molecule has 0 bridgehead atoms. The molecule has 0 saturated carbocycles. The number of ether oxygens (including phenoxy) is 1. The Morgan fingerprint density at radius 3 is 2.57 bits per heavy atom. The number of esters is 1. The van der Waals surface area contributed by atoms with Gasteiger partial charge < -0.3 is 15.4 Å². The average Bonchev–Trinajstić information content (AvgIpc) is 3.00. The molecule has 1 aliphatic rings. The smallest absolute Gasteiger partial charge is 0.342 e. The van der Waals surface area contributed by atoms with E-state index in [0.29, 0.717) is 10.6 Å². The molecule has 1 aromatic heterocycles. The molecule has 0 aliphatic heterocycles. The van der Waals surface area contributed by atoms with Crippen LogP contribution in [0.25, 0.3) is 0 Å². The van der Waals surface area contributed by atoms with Crippen LogP contribution >= 0.6 is 11.3 Å². The van der Waals surface area contributed by atoms with Crippen molar-refractivity contribution in [3.63, 3.8) is 0 Å². The van der Waals surface area contributed by atoms with Crippen LogP contribution in [0.1, 0.15) is 47.5 Å². The normalized spacial score (nSPS) is 14.0. The molecule has 1 aliphatic carbocycles. The average molecular weight is 404 g/mol. The van der Waals surface area contributed by atoms with Gasteiger partial charge in [-0.2, -0.15) is 0 Å². The summed E-state index contributed by atoms with van der Waals surface area (Å²) in [6.07, 6.45) is 2.43. The number of carbonyl (C=O) groups excluding carboxylic acids is 3. The number of halogens is 1. The van der Waals surface area contributed by atoms with Crippen molar-refractivity contribution in [1.82, 2.24) is 0 Å². The van der Waals surface area contributed by atoms with Crippen molar-refractivity contribution in [2.75, 3.05) is 10.6 Å². The molecule has 1 heterocycles. The third-order valence-electron chi connectivity index (χ3n) is 4.45. The van der Waals surface area contributed by atoms with Gasteiger partial charge in [0.15, 0.2) is 6.10 Å². The minimum absolute atomic E-state index is 0.0160. The maximum absolute atomic E-state index is 13.7. The number of rotatable bonds is 5. The second-order valence-electron chi connectivity index (χ2n) is 6.61. The maximum atomic E-state index is 13.7. The van der Waals surface area contributed by atoms with Crippen LogP contribution in [0.15, 0.2) is 24.3 Å². The molecule has 6 nitrogen and oxygen atoms in total. The van der Waals surface area contributed by atoms with Gasteiger partial charge in [0.05, 0.1) is 11.3 Å². The molecule has 1 aromatic carbocycles. The van der Waals surface area contributed by atoms with Crippen LogP contribution in [0.5, 0.6) is 0 Å². The number of benzene rings is 1. The van der Waals surface area contributed by atoms with Crippen LogP contribution in [-0.2, 0) is 27.2 Å². The lowest BCUT2D eigenvalue weighted by Crippen LogP contribution is -2.30. The quantitative estimate of drug-likeness (QED) is 0.740. The van der Waals surface area contributed by atoms with Gasteiger partial charge in [-0.1, -0.05) is 12.1 Å². The summed E-state index contributed by atoms with van der Waals surface area (Å²) in [6, 6.07) is 5.75. The number of carbonyl (C=O) groups is 3. The second-order valence-corrected chi connectivity index (χ2v) is 7.72. The van der Waals surface area contributed by atoms with E-state index in [4.69, 9.17) is 4.74 Å². The van der Waals surface area contributed by atoms with E-state index in [1.165, 1.54) is 43.4 Å². The van der Waals surface area contributed by atoms with Gasteiger partial charge in [0.1, 0.15) is 10.8 Å². The Morgan fingerprint density at radius 2 is 1.86 bits per heavy atom. The zero-order valence-electron chi connectivity index (χ0n) is 15.6. The topological polar surface area (TPSA) is 84.5 Å². The van der Waals surface area contributed by atoms with Crippen LogP contribution in [0.4, 0.5) is 15.1 Å². The summed E-state index contributed by atoms with van der Waals surface area (Å²) in [6.45, 7) is 2.79. The Kier molecular flexibility index (Phi) is 6.08. The largest absolute Gasteiger partial charge is 0.449 e. The highest BCUT2D eigenvalue weighted by molar-refractivity contribution is 7.17. The fourth-order valence-corrected chi connectivity index (χ4v) is 4.42. The van der Waals surface area contributed by atoms with Crippen LogP contribution in [-0.4, -0.2) is 23.9 Å². The lowest BCUT2D eigenvalue weighted by Gasteiger charge is -2.16. The minimum atomic E-state index is -1.13. The van der Waals surface area contributed by atoms with E-state index < -0.39 is 23.8 Å². The van der Waals surface area contributed by atoms with E-state index in [1.54, 1.807) is 6.07 Å². The molecule has 0 saturated heterocycles. The first kappa shape index (κ1) is 20.0. The Bertz CT molecular complexity index is 925. The zero-order chi connectivity index (χ0) is 20.3. The lowest BCUT2D eigenvalue weighted by molar-refractivity contribution is -0.123. The molecule has 0 radical (unpaired) electrons. The van der Waals surface area contributed by atoms with Crippen molar-refractivity contribution in [2.24, 2.45) is 0 Å².